The Hall–Kier alpha value is -4.03. The maximum Gasteiger partial charge on any atom is 0.271 e. The van der Waals surface area contributed by atoms with Crippen LogP contribution in [0.1, 0.15) is 41.6 Å². The van der Waals surface area contributed by atoms with Crippen LogP contribution in [-0.4, -0.2) is 9.13 Å². The molecule has 0 saturated carbocycles. The number of hydrogen-bond acceptors (Lipinski definition) is 3. The van der Waals surface area contributed by atoms with Gasteiger partial charge in [-0.2, -0.15) is 0 Å². The molecule has 0 radical (unpaired) electrons. The first-order valence-electron chi connectivity index (χ1n) is 12.6. The minimum atomic E-state index is -0.380. The van der Waals surface area contributed by atoms with Crippen LogP contribution in [-0.2, 0) is 13.0 Å². The highest BCUT2D eigenvalue weighted by molar-refractivity contribution is 7.07. The Morgan fingerprint density at radius 3 is 2.76 bits per heavy atom. The van der Waals surface area contributed by atoms with Gasteiger partial charge in [0.05, 0.1) is 16.3 Å². The average Bonchev–Trinajstić information content (AvgIpc) is 3.44. The molecule has 0 N–H and O–H groups in total. The number of halogens is 1. The van der Waals surface area contributed by atoms with Crippen molar-refractivity contribution in [1.29, 1.82) is 0 Å². The zero-order valence-corrected chi connectivity index (χ0v) is 21.1. The van der Waals surface area contributed by atoms with E-state index in [0.717, 1.165) is 58.2 Å². The van der Waals surface area contributed by atoms with E-state index < -0.39 is 0 Å². The number of aromatic nitrogens is 2. The van der Waals surface area contributed by atoms with Crippen LogP contribution in [0.25, 0.3) is 22.7 Å². The second-order valence-electron chi connectivity index (χ2n) is 9.56. The summed E-state index contributed by atoms with van der Waals surface area (Å²) in [6.45, 7) is 2.97. The number of allylic oxidation sites excluding steroid dienone is 1. The molecule has 1 unspecified atom stereocenters. The molecule has 2 aliphatic rings. The molecule has 3 aromatic carbocycles. The lowest BCUT2D eigenvalue weighted by molar-refractivity contribution is 0.574. The van der Waals surface area contributed by atoms with E-state index in [4.69, 9.17) is 4.99 Å². The molecule has 2 aromatic heterocycles. The van der Waals surface area contributed by atoms with Gasteiger partial charge in [-0.15, -0.1) is 0 Å². The summed E-state index contributed by atoms with van der Waals surface area (Å²) in [4.78, 5) is 19.7. The van der Waals surface area contributed by atoms with Crippen molar-refractivity contribution in [1.82, 2.24) is 9.13 Å². The van der Waals surface area contributed by atoms with E-state index in [9.17, 15) is 9.18 Å². The SMILES string of the molecule is CCn1cc(C=c2sc3n(c2=O)C(c2cccc(F)c2)C2=C(N=3)c3ccccc3CC2)c2ccccc21. The highest BCUT2D eigenvalue weighted by atomic mass is 32.1. The van der Waals surface area contributed by atoms with E-state index >= 15 is 0 Å². The van der Waals surface area contributed by atoms with Gasteiger partial charge in [0, 0.05) is 34.8 Å². The molecule has 7 rings (SSSR count). The number of nitrogens with zero attached hydrogens (tertiary/aromatic N) is 3. The molecule has 0 bridgehead atoms. The Labute approximate surface area is 217 Å². The number of fused-ring (bicyclic) bond motifs is 4. The maximum absolute atomic E-state index is 14.4. The Morgan fingerprint density at radius 2 is 1.89 bits per heavy atom. The third-order valence-corrected chi connectivity index (χ3v) is 8.47. The fraction of sp³-hybridized carbons (Fsp3) is 0.161. The fourth-order valence-electron chi connectivity index (χ4n) is 5.79. The van der Waals surface area contributed by atoms with E-state index in [-0.39, 0.29) is 17.4 Å². The molecule has 3 heterocycles. The molecule has 37 heavy (non-hydrogen) atoms. The number of rotatable bonds is 3. The summed E-state index contributed by atoms with van der Waals surface area (Å²) in [7, 11) is 0. The molecule has 0 fully saturated rings. The van der Waals surface area contributed by atoms with Gasteiger partial charge in [0.25, 0.3) is 5.56 Å². The summed E-state index contributed by atoms with van der Waals surface area (Å²) >= 11 is 1.41. The van der Waals surface area contributed by atoms with Crippen LogP contribution >= 0.6 is 11.3 Å². The molecule has 0 saturated heterocycles. The first-order chi connectivity index (χ1) is 18.1. The second kappa shape index (κ2) is 8.53. The van der Waals surface area contributed by atoms with Crippen LogP contribution in [0.3, 0.4) is 0 Å². The Bertz CT molecular complexity index is 1920. The summed E-state index contributed by atoms with van der Waals surface area (Å²) < 4.78 is 19.0. The third kappa shape index (κ3) is 3.47. The standard InChI is InChI=1S/C31H24FN3OS/c1-2-34-18-21(23-11-5-6-13-26(23)34)17-27-30(36)35-29(20-9-7-10-22(32)16-20)25-15-14-19-8-3-4-12-24(19)28(25)33-31(35)37-27/h3-13,16-18,29H,2,14-15H2,1H3. The first kappa shape index (κ1) is 22.2. The van der Waals surface area contributed by atoms with Crippen LogP contribution in [0, 0.1) is 5.82 Å². The lowest BCUT2D eigenvalue weighted by Crippen LogP contribution is -2.38. The highest BCUT2D eigenvalue weighted by Gasteiger charge is 2.32. The minimum absolute atomic E-state index is 0.0863. The normalized spacial score (nSPS) is 16.9. The molecular formula is C31H24FN3OS. The topological polar surface area (TPSA) is 39.3 Å². The van der Waals surface area contributed by atoms with Crippen LogP contribution in [0.4, 0.5) is 4.39 Å². The smallest absolute Gasteiger partial charge is 0.271 e. The van der Waals surface area contributed by atoms with Crippen LogP contribution in [0.2, 0.25) is 0 Å². The minimum Gasteiger partial charge on any atom is -0.347 e. The molecule has 0 amide bonds. The Morgan fingerprint density at radius 1 is 1.05 bits per heavy atom. The molecular weight excluding hydrogens is 481 g/mol. The number of para-hydroxylation sites is 1. The van der Waals surface area contributed by atoms with Crippen LogP contribution in [0.5, 0.6) is 0 Å². The van der Waals surface area contributed by atoms with E-state index in [0.29, 0.717) is 9.33 Å². The van der Waals surface area contributed by atoms with Gasteiger partial charge in [-0.1, -0.05) is 65.9 Å². The van der Waals surface area contributed by atoms with Gasteiger partial charge >= 0.3 is 0 Å². The zero-order valence-electron chi connectivity index (χ0n) is 20.3. The summed E-state index contributed by atoms with van der Waals surface area (Å²) in [5.74, 6) is -0.303. The van der Waals surface area contributed by atoms with Gasteiger partial charge < -0.3 is 4.57 Å². The molecule has 1 atom stereocenters. The number of hydrogen-bond donors (Lipinski definition) is 0. The molecule has 4 nitrogen and oxygen atoms in total. The highest BCUT2D eigenvalue weighted by Crippen LogP contribution is 2.41. The van der Waals surface area contributed by atoms with Crippen molar-refractivity contribution in [3.63, 3.8) is 0 Å². The summed E-state index contributed by atoms with van der Waals surface area (Å²) in [6, 6.07) is 22.8. The van der Waals surface area contributed by atoms with Crippen molar-refractivity contribution in [2.24, 2.45) is 4.99 Å². The van der Waals surface area contributed by atoms with Crippen molar-refractivity contribution in [3.8, 4) is 0 Å². The maximum atomic E-state index is 14.4. The Kier molecular flexibility index (Phi) is 5.11. The van der Waals surface area contributed by atoms with Gasteiger partial charge in [0.15, 0.2) is 4.80 Å². The third-order valence-electron chi connectivity index (χ3n) is 7.48. The van der Waals surface area contributed by atoms with Crippen LogP contribution in [0.15, 0.2) is 94.4 Å². The number of benzene rings is 3. The second-order valence-corrected chi connectivity index (χ2v) is 10.6. The van der Waals surface area contributed by atoms with Crippen molar-refractivity contribution in [2.45, 2.75) is 32.4 Å². The average molecular weight is 506 g/mol. The molecule has 1 aliphatic carbocycles. The first-order valence-corrected chi connectivity index (χ1v) is 13.4. The fourth-order valence-corrected chi connectivity index (χ4v) is 6.78. The summed E-state index contributed by atoms with van der Waals surface area (Å²) in [6.07, 6.45) is 5.74. The molecule has 6 heteroatoms. The van der Waals surface area contributed by atoms with E-state index in [1.807, 2.05) is 30.3 Å². The summed E-state index contributed by atoms with van der Waals surface area (Å²) in [5.41, 5.74) is 7.21. The predicted molar refractivity (Wildman–Crippen MR) is 147 cm³/mol. The van der Waals surface area contributed by atoms with Crippen molar-refractivity contribution in [3.05, 3.63) is 132 Å². The largest absolute Gasteiger partial charge is 0.347 e. The van der Waals surface area contributed by atoms with E-state index in [2.05, 4.69) is 48.0 Å². The molecule has 182 valence electrons. The van der Waals surface area contributed by atoms with Gasteiger partial charge in [0.2, 0.25) is 0 Å². The lowest BCUT2D eigenvalue weighted by Gasteiger charge is -2.30. The van der Waals surface area contributed by atoms with Gasteiger partial charge in [-0.3, -0.25) is 9.36 Å². The van der Waals surface area contributed by atoms with Gasteiger partial charge in [0.1, 0.15) is 5.82 Å². The van der Waals surface area contributed by atoms with Gasteiger partial charge in [-0.25, -0.2) is 9.38 Å². The Balaban J connectivity index is 1.50. The van der Waals surface area contributed by atoms with Crippen molar-refractivity contribution >= 4 is 34.0 Å². The predicted octanol–water partition coefficient (Wildman–Crippen LogP) is 5.43. The van der Waals surface area contributed by atoms with Crippen LogP contribution < -0.4 is 14.9 Å². The summed E-state index contributed by atoms with van der Waals surface area (Å²) in [5, 5.41) is 1.12. The lowest BCUT2D eigenvalue weighted by atomic mass is 9.83. The zero-order chi connectivity index (χ0) is 25.1. The van der Waals surface area contributed by atoms with E-state index in [1.54, 1.807) is 16.7 Å². The number of aryl methyl sites for hydroxylation is 2. The molecule has 5 aromatic rings. The molecule has 0 spiro atoms. The monoisotopic (exact) mass is 505 g/mol. The number of thiazole rings is 1. The van der Waals surface area contributed by atoms with E-state index in [1.165, 1.54) is 23.0 Å². The molecule has 1 aliphatic heterocycles. The van der Waals surface area contributed by atoms with Crippen molar-refractivity contribution in [2.75, 3.05) is 0 Å². The van der Waals surface area contributed by atoms with Crippen molar-refractivity contribution < 1.29 is 4.39 Å². The quantitative estimate of drug-likeness (QED) is 0.322. The van der Waals surface area contributed by atoms with Gasteiger partial charge in [-0.05, 0) is 60.7 Å².